The van der Waals surface area contributed by atoms with Crippen molar-refractivity contribution in [2.24, 2.45) is 0 Å². The van der Waals surface area contributed by atoms with Gasteiger partial charge in [-0.15, -0.1) is 0 Å². The summed E-state index contributed by atoms with van der Waals surface area (Å²) < 4.78 is 15.5. The first-order chi connectivity index (χ1) is 9.47. The molecule has 0 N–H and O–H groups in total. The van der Waals surface area contributed by atoms with Gasteiger partial charge in [0.2, 0.25) is 0 Å². The summed E-state index contributed by atoms with van der Waals surface area (Å²) in [6.07, 6.45) is 1.64. The average Bonchev–Trinajstić information content (AvgIpc) is 2.84. The van der Waals surface area contributed by atoms with Crippen LogP contribution in [-0.4, -0.2) is 15.6 Å². The molecule has 4 heteroatoms. The summed E-state index contributed by atoms with van der Waals surface area (Å²) >= 11 is 0. The largest absolute Gasteiger partial charge is 0.294 e. The third kappa shape index (κ3) is 2.50. The molecule has 3 nitrogen and oxygen atoms in total. The average molecular weight is 274 g/mol. The Kier molecular flexibility index (Phi) is 4.02. The summed E-state index contributed by atoms with van der Waals surface area (Å²) in [4.78, 5) is 11.8. The van der Waals surface area contributed by atoms with Gasteiger partial charge in [-0.3, -0.25) is 4.79 Å². The molecule has 0 amide bonds. The van der Waals surface area contributed by atoms with Gasteiger partial charge in [0.05, 0.1) is 11.4 Å². The van der Waals surface area contributed by atoms with Crippen LogP contribution >= 0.6 is 0 Å². The molecule has 0 saturated carbocycles. The van der Waals surface area contributed by atoms with E-state index in [9.17, 15) is 9.18 Å². The van der Waals surface area contributed by atoms with Gasteiger partial charge in [-0.25, -0.2) is 9.07 Å². The number of hydrogen-bond donors (Lipinski definition) is 0. The fraction of sp³-hybridized carbons (Fsp3) is 0.375. The highest BCUT2D eigenvalue weighted by molar-refractivity contribution is 5.97. The maximum absolute atomic E-state index is 13.7. The molecule has 0 saturated heterocycles. The van der Waals surface area contributed by atoms with Gasteiger partial charge in [0.15, 0.2) is 5.78 Å². The first-order valence-electron chi connectivity index (χ1n) is 6.87. The lowest BCUT2D eigenvalue weighted by Gasteiger charge is -2.12. The van der Waals surface area contributed by atoms with E-state index in [-0.39, 0.29) is 11.6 Å². The molecular formula is C16H19FN2O. The molecule has 0 atom stereocenters. The van der Waals surface area contributed by atoms with Gasteiger partial charge in [0.1, 0.15) is 5.82 Å². The molecule has 2 aromatic rings. The normalized spacial score (nSPS) is 10.8. The van der Waals surface area contributed by atoms with Gasteiger partial charge in [-0.2, -0.15) is 5.10 Å². The Morgan fingerprint density at radius 1 is 1.25 bits per heavy atom. The Balaban J connectivity index is 2.71. The fourth-order valence-corrected chi connectivity index (χ4v) is 2.23. The Morgan fingerprint density at radius 2 is 1.95 bits per heavy atom. The van der Waals surface area contributed by atoms with E-state index in [2.05, 4.69) is 5.10 Å². The van der Waals surface area contributed by atoms with Crippen LogP contribution in [0.15, 0.2) is 18.2 Å². The van der Waals surface area contributed by atoms with E-state index in [1.165, 1.54) is 13.0 Å². The first-order valence-corrected chi connectivity index (χ1v) is 6.87. The van der Waals surface area contributed by atoms with Gasteiger partial charge in [0, 0.05) is 11.3 Å². The van der Waals surface area contributed by atoms with Gasteiger partial charge < -0.3 is 0 Å². The molecule has 0 aliphatic carbocycles. The fourth-order valence-electron chi connectivity index (χ4n) is 2.23. The first kappa shape index (κ1) is 14.4. The summed E-state index contributed by atoms with van der Waals surface area (Å²) in [5, 5.41) is 4.53. The smallest absolute Gasteiger partial charge is 0.162 e. The third-order valence-corrected chi connectivity index (χ3v) is 3.44. The molecule has 1 heterocycles. The zero-order valence-electron chi connectivity index (χ0n) is 12.3. The number of carbonyl (C=O) groups excluding carboxylic acids is 1. The number of ketones is 1. The molecule has 0 aliphatic heterocycles. The Labute approximate surface area is 118 Å². The third-order valence-electron chi connectivity index (χ3n) is 3.44. The molecule has 0 radical (unpaired) electrons. The highest BCUT2D eigenvalue weighted by atomic mass is 19.1. The van der Waals surface area contributed by atoms with E-state index in [4.69, 9.17) is 0 Å². The zero-order chi connectivity index (χ0) is 14.9. The van der Waals surface area contributed by atoms with Crippen molar-refractivity contribution in [1.82, 2.24) is 9.78 Å². The number of rotatable bonds is 4. The van der Waals surface area contributed by atoms with E-state index in [1.54, 1.807) is 17.7 Å². The monoisotopic (exact) mass is 274 g/mol. The van der Waals surface area contributed by atoms with Crippen LogP contribution in [0.1, 0.15) is 48.1 Å². The number of Topliss-reactive ketones (excluding diaryl/α,β-unsaturated/α-hetero) is 1. The summed E-state index contributed by atoms with van der Waals surface area (Å²) in [7, 11) is 0. The summed E-state index contributed by atoms with van der Waals surface area (Å²) in [6, 6.07) is 5.03. The molecular weight excluding hydrogens is 255 g/mol. The van der Waals surface area contributed by atoms with Crippen LogP contribution < -0.4 is 0 Å². The van der Waals surface area contributed by atoms with Crippen molar-refractivity contribution in [1.29, 1.82) is 0 Å². The second kappa shape index (κ2) is 5.57. The number of benzene rings is 1. The molecule has 0 aliphatic rings. The molecule has 0 spiro atoms. The van der Waals surface area contributed by atoms with Crippen LogP contribution in [-0.2, 0) is 12.8 Å². The molecule has 0 bridgehead atoms. The highest BCUT2D eigenvalue weighted by Crippen LogP contribution is 2.22. The molecule has 1 aromatic carbocycles. The minimum atomic E-state index is -0.361. The van der Waals surface area contributed by atoms with E-state index in [0.29, 0.717) is 16.8 Å². The molecule has 2 rings (SSSR count). The second-order valence-electron chi connectivity index (χ2n) is 4.92. The van der Waals surface area contributed by atoms with Gasteiger partial charge >= 0.3 is 0 Å². The van der Waals surface area contributed by atoms with Gasteiger partial charge in [0.25, 0.3) is 0 Å². The number of hydrogen-bond acceptors (Lipinski definition) is 2. The Bertz CT molecular complexity index is 659. The van der Waals surface area contributed by atoms with Crippen molar-refractivity contribution in [3.8, 4) is 5.69 Å². The second-order valence-corrected chi connectivity index (χ2v) is 4.92. The van der Waals surface area contributed by atoms with Crippen molar-refractivity contribution in [2.45, 2.75) is 40.5 Å². The van der Waals surface area contributed by atoms with Crippen LogP contribution in [0.2, 0.25) is 0 Å². The molecule has 20 heavy (non-hydrogen) atoms. The van der Waals surface area contributed by atoms with Crippen molar-refractivity contribution in [3.63, 3.8) is 0 Å². The van der Waals surface area contributed by atoms with Crippen molar-refractivity contribution in [3.05, 3.63) is 46.5 Å². The van der Waals surface area contributed by atoms with E-state index < -0.39 is 0 Å². The van der Waals surface area contributed by atoms with Crippen LogP contribution in [0.4, 0.5) is 4.39 Å². The lowest BCUT2D eigenvalue weighted by molar-refractivity contribution is 0.101. The minimum Gasteiger partial charge on any atom is -0.294 e. The van der Waals surface area contributed by atoms with Crippen molar-refractivity contribution in [2.75, 3.05) is 0 Å². The van der Waals surface area contributed by atoms with Crippen molar-refractivity contribution < 1.29 is 9.18 Å². The quantitative estimate of drug-likeness (QED) is 0.798. The maximum atomic E-state index is 13.7. The number of carbonyl (C=O) groups is 1. The van der Waals surface area contributed by atoms with Crippen LogP contribution in [0.5, 0.6) is 0 Å². The SMILES string of the molecule is CCc1cc(CC)n(-c2cc(C)c(F)cc2C(C)=O)n1. The van der Waals surface area contributed by atoms with Crippen LogP contribution in [0.25, 0.3) is 5.69 Å². The number of nitrogens with zero attached hydrogens (tertiary/aromatic N) is 2. The highest BCUT2D eigenvalue weighted by Gasteiger charge is 2.16. The van der Waals surface area contributed by atoms with E-state index in [1.807, 2.05) is 19.9 Å². The molecule has 1 aromatic heterocycles. The summed E-state index contributed by atoms with van der Waals surface area (Å²) in [5.41, 5.74) is 3.54. The molecule has 0 unspecified atom stereocenters. The van der Waals surface area contributed by atoms with Gasteiger partial charge in [-0.1, -0.05) is 13.8 Å². The Hall–Kier alpha value is -1.97. The number of halogens is 1. The number of aromatic nitrogens is 2. The minimum absolute atomic E-state index is 0.158. The lowest BCUT2D eigenvalue weighted by atomic mass is 10.1. The molecule has 0 fully saturated rings. The van der Waals surface area contributed by atoms with E-state index >= 15 is 0 Å². The van der Waals surface area contributed by atoms with Gasteiger partial charge in [-0.05, 0) is 50.5 Å². The van der Waals surface area contributed by atoms with E-state index in [0.717, 1.165) is 24.2 Å². The maximum Gasteiger partial charge on any atom is 0.162 e. The van der Waals surface area contributed by atoms with Crippen molar-refractivity contribution >= 4 is 5.78 Å². The lowest BCUT2D eigenvalue weighted by Crippen LogP contribution is -2.09. The van der Waals surface area contributed by atoms with Crippen LogP contribution in [0.3, 0.4) is 0 Å². The molecule has 106 valence electrons. The Morgan fingerprint density at radius 3 is 2.50 bits per heavy atom. The summed E-state index contributed by atoms with van der Waals surface area (Å²) in [5.74, 6) is -0.519. The standard InChI is InChI=1S/C16H19FN2O/c1-5-12-8-13(6-2)19(18-12)16-7-10(3)15(17)9-14(16)11(4)20/h7-9H,5-6H2,1-4H3. The summed E-state index contributed by atoms with van der Waals surface area (Å²) in [6.45, 7) is 7.22. The van der Waals surface area contributed by atoms with Crippen LogP contribution in [0, 0.1) is 12.7 Å². The predicted molar refractivity (Wildman–Crippen MR) is 77.0 cm³/mol. The number of aryl methyl sites for hydroxylation is 3. The topological polar surface area (TPSA) is 34.9 Å². The zero-order valence-corrected chi connectivity index (χ0v) is 12.3. The predicted octanol–water partition coefficient (Wildman–Crippen LogP) is 3.65.